The second-order valence-corrected chi connectivity index (χ2v) is 8.28. The molecule has 4 rings (SSSR count). The summed E-state index contributed by atoms with van der Waals surface area (Å²) in [5.74, 6) is 5.26. The third kappa shape index (κ3) is 4.95. The molecule has 152 valence electrons. The van der Waals surface area contributed by atoms with Crippen LogP contribution in [-0.4, -0.2) is 52.3 Å². The third-order valence-corrected chi connectivity index (χ3v) is 6.53. The van der Waals surface area contributed by atoms with Gasteiger partial charge < -0.3 is 14.8 Å². The molecule has 2 unspecified atom stereocenters. The van der Waals surface area contributed by atoms with Gasteiger partial charge in [-0.25, -0.2) is 0 Å². The van der Waals surface area contributed by atoms with Gasteiger partial charge in [-0.3, -0.25) is 4.99 Å². The minimum absolute atomic E-state index is 0. The van der Waals surface area contributed by atoms with Crippen molar-refractivity contribution in [2.45, 2.75) is 70.8 Å². The van der Waals surface area contributed by atoms with Crippen molar-refractivity contribution >= 4 is 29.9 Å². The molecule has 0 spiro atoms. The molecule has 2 atom stereocenters. The number of nitrogens with one attached hydrogen (secondary N) is 1. The number of fused-ring (bicyclic) bond motifs is 2. The van der Waals surface area contributed by atoms with Crippen LogP contribution in [0.25, 0.3) is 0 Å². The third-order valence-electron chi connectivity index (χ3n) is 6.53. The van der Waals surface area contributed by atoms with Crippen LogP contribution in [0.4, 0.5) is 0 Å². The van der Waals surface area contributed by atoms with Gasteiger partial charge in [0.1, 0.15) is 11.6 Å². The van der Waals surface area contributed by atoms with Gasteiger partial charge in [-0.1, -0.05) is 19.3 Å². The number of hydrogen-bond donors (Lipinski definition) is 1. The van der Waals surface area contributed by atoms with Crippen molar-refractivity contribution in [1.82, 2.24) is 25.0 Å². The van der Waals surface area contributed by atoms with Crippen LogP contribution in [0.5, 0.6) is 0 Å². The van der Waals surface area contributed by atoms with Crippen LogP contribution in [0.1, 0.15) is 63.0 Å². The lowest BCUT2D eigenvalue weighted by Crippen LogP contribution is -2.40. The van der Waals surface area contributed by atoms with Gasteiger partial charge in [0.2, 0.25) is 0 Å². The Labute approximate surface area is 180 Å². The van der Waals surface area contributed by atoms with Gasteiger partial charge in [-0.05, 0) is 43.9 Å². The van der Waals surface area contributed by atoms with Gasteiger partial charge in [0, 0.05) is 46.1 Å². The molecule has 1 aromatic rings. The van der Waals surface area contributed by atoms with Crippen molar-refractivity contribution in [3.05, 3.63) is 11.6 Å². The van der Waals surface area contributed by atoms with E-state index in [0.717, 1.165) is 50.1 Å². The zero-order chi connectivity index (χ0) is 17.8. The van der Waals surface area contributed by atoms with E-state index in [1.54, 1.807) is 0 Å². The van der Waals surface area contributed by atoms with Crippen molar-refractivity contribution in [3.63, 3.8) is 0 Å². The van der Waals surface area contributed by atoms with Crippen LogP contribution in [0, 0.1) is 11.8 Å². The number of halogens is 1. The average Bonchev–Trinajstić information content (AvgIpc) is 3.18. The molecule has 1 N–H and O–H groups in total. The Morgan fingerprint density at radius 1 is 1.07 bits per heavy atom. The molecule has 3 aliphatic rings. The van der Waals surface area contributed by atoms with Crippen molar-refractivity contribution < 1.29 is 0 Å². The van der Waals surface area contributed by atoms with E-state index >= 15 is 0 Å². The lowest BCUT2D eigenvalue weighted by atomic mass is 9.82. The molecule has 6 nitrogen and oxygen atoms in total. The zero-order valence-electron chi connectivity index (χ0n) is 16.7. The monoisotopic (exact) mass is 486 g/mol. The maximum Gasteiger partial charge on any atom is 0.193 e. The number of aliphatic imine (C=N–C) groups is 1. The van der Waals surface area contributed by atoms with Crippen LogP contribution in [-0.2, 0) is 19.4 Å². The van der Waals surface area contributed by atoms with E-state index in [1.807, 2.05) is 7.05 Å². The normalized spacial score (nSPS) is 25.4. The summed E-state index contributed by atoms with van der Waals surface area (Å²) in [6.07, 6.45) is 12.7. The van der Waals surface area contributed by atoms with E-state index in [0.29, 0.717) is 0 Å². The fourth-order valence-corrected chi connectivity index (χ4v) is 5.09. The predicted molar refractivity (Wildman–Crippen MR) is 120 cm³/mol. The molecular weight excluding hydrogens is 451 g/mol. The summed E-state index contributed by atoms with van der Waals surface area (Å²) in [4.78, 5) is 7.03. The molecule has 0 amide bonds. The van der Waals surface area contributed by atoms with E-state index in [2.05, 4.69) is 30.0 Å². The summed E-state index contributed by atoms with van der Waals surface area (Å²) >= 11 is 0. The van der Waals surface area contributed by atoms with E-state index in [9.17, 15) is 0 Å². The lowest BCUT2D eigenvalue weighted by Gasteiger charge is -2.22. The van der Waals surface area contributed by atoms with Crippen molar-refractivity contribution in [3.8, 4) is 0 Å². The summed E-state index contributed by atoms with van der Waals surface area (Å²) in [5.41, 5.74) is 0. The molecule has 2 fully saturated rings. The van der Waals surface area contributed by atoms with Crippen molar-refractivity contribution in [2.75, 3.05) is 26.7 Å². The van der Waals surface area contributed by atoms with Gasteiger partial charge in [-0.2, -0.15) is 0 Å². The molecule has 2 aliphatic heterocycles. The minimum Gasteiger partial charge on any atom is -0.356 e. The molecular formula is C20H35IN6. The SMILES string of the molecule is CN=C(NCCCc1nnc2n1CCCCC2)N1CC2CCCCC2C1.I. The highest BCUT2D eigenvalue weighted by atomic mass is 127. The number of likely N-dealkylation sites (tertiary alicyclic amines) is 1. The van der Waals surface area contributed by atoms with Crippen LogP contribution in [0.15, 0.2) is 4.99 Å². The summed E-state index contributed by atoms with van der Waals surface area (Å²) < 4.78 is 2.37. The molecule has 0 aromatic carbocycles. The standard InChI is InChI=1S/C20H34N6.HI/c1-21-20(25-14-16-8-4-5-9-17(16)15-25)22-12-7-11-19-24-23-18-10-3-2-6-13-26(18)19;/h16-17H,2-15H2,1H3,(H,21,22);1H. The summed E-state index contributed by atoms with van der Waals surface area (Å²) in [6, 6.07) is 0. The second-order valence-electron chi connectivity index (χ2n) is 8.28. The molecule has 27 heavy (non-hydrogen) atoms. The first kappa shape index (κ1) is 20.9. The van der Waals surface area contributed by atoms with Gasteiger partial charge >= 0.3 is 0 Å². The number of hydrogen-bond acceptors (Lipinski definition) is 3. The second kappa shape index (κ2) is 10.1. The Morgan fingerprint density at radius 3 is 2.59 bits per heavy atom. The average molecular weight is 486 g/mol. The Kier molecular flexibility index (Phi) is 7.78. The molecule has 7 heteroatoms. The van der Waals surface area contributed by atoms with Crippen molar-refractivity contribution in [2.24, 2.45) is 16.8 Å². The predicted octanol–water partition coefficient (Wildman–Crippen LogP) is 3.25. The zero-order valence-corrected chi connectivity index (χ0v) is 19.0. The quantitative estimate of drug-likeness (QED) is 0.307. The Balaban J connectivity index is 0.00000210. The fourth-order valence-electron chi connectivity index (χ4n) is 5.09. The maximum absolute atomic E-state index is 4.54. The minimum atomic E-state index is 0. The Morgan fingerprint density at radius 2 is 1.85 bits per heavy atom. The van der Waals surface area contributed by atoms with Crippen LogP contribution < -0.4 is 5.32 Å². The number of guanidine groups is 1. The van der Waals surface area contributed by atoms with Gasteiger partial charge in [0.05, 0.1) is 0 Å². The molecule has 0 radical (unpaired) electrons. The molecule has 3 heterocycles. The highest BCUT2D eigenvalue weighted by Gasteiger charge is 2.35. The number of nitrogens with zero attached hydrogens (tertiary/aromatic N) is 5. The van der Waals surface area contributed by atoms with Gasteiger partial charge in [0.25, 0.3) is 0 Å². The van der Waals surface area contributed by atoms with E-state index in [4.69, 9.17) is 0 Å². The summed E-state index contributed by atoms with van der Waals surface area (Å²) in [5, 5.41) is 12.5. The number of aromatic nitrogens is 3. The molecule has 1 aromatic heterocycles. The first-order chi connectivity index (χ1) is 12.8. The topological polar surface area (TPSA) is 58.3 Å². The first-order valence-corrected chi connectivity index (χ1v) is 10.7. The van der Waals surface area contributed by atoms with Crippen molar-refractivity contribution in [1.29, 1.82) is 0 Å². The summed E-state index contributed by atoms with van der Waals surface area (Å²) in [6.45, 7) is 4.45. The maximum atomic E-state index is 4.54. The molecule has 1 saturated heterocycles. The smallest absolute Gasteiger partial charge is 0.193 e. The molecule has 0 bridgehead atoms. The highest BCUT2D eigenvalue weighted by molar-refractivity contribution is 14.0. The molecule has 1 aliphatic carbocycles. The number of aryl methyl sites for hydroxylation is 2. The van der Waals surface area contributed by atoms with Crippen LogP contribution in [0.3, 0.4) is 0 Å². The van der Waals surface area contributed by atoms with Gasteiger partial charge in [0.15, 0.2) is 5.96 Å². The van der Waals surface area contributed by atoms with Crippen LogP contribution in [0.2, 0.25) is 0 Å². The highest BCUT2D eigenvalue weighted by Crippen LogP contribution is 2.35. The first-order valence-electron chi connectivity index (χ1n) is 10.7. The van der Waals surface area contributed by atoms with Crippen LogP contribution >= 0.6 is 24.0 Å². The number of rotatable bonds is 4. The van der Waals surface area contributed by atoms with E-state index in [-0.39, 0.29) is 24.0 Å². The largest absolute Gasteiger partial charge is 0.356 e. The Hall–Kier alpha value is -0.860. The summed E-state index contributed by atoms with van der Waals surface area (Å²) in [7, 11) is 1.92. The lowest BCUT2D eigenvalue weighted by molar-refractivity contribution is 0.299. The Bertz CT molecular complexity index is 614. The van der Waals surface area contributed by atoms with E-state index < -0.39 is 0 Å². The fraction of sp³-hybridized carbons (Fsp3) is 0.850. The molecule has 1 saturated carbocycles. The van der Waals surface area contributed by atoms with E-state index in [1.165, 1.54) is 69.7 Å². The van der Waals surface area contributed by atoms with Gasteiger partial charge in [-0.15, -0.1) is 34.2 Å².